The number of rotatable bonds is 6. The van der Waals surface area contributed by atoms with E-state index in [-0.39, 0.29) is 12.4 Å². The Morgan fingerprint density at radius 3 is 2.56 bits per heavy atom. The summed E-state index contributed by atoms with van der Waals surface area (Å²) in [6, 6.07) is 16.2. The number of ether oxygens (including phenoxy) is 2. The average Bonchev–Trinajstić information content (AvgIpc) is 3.03. The predicted octanol–water partition coefficient (Wildman–Crippen LogP) is 4.11. The van der Waals surface area contributed by atoms with Gasteiger partial charge in [0.05, 0.1) is 13.2 Å². The SMILES string of the molecule is FC(F)(F)Oc1cccc(COCC2CNCC2c2ccccc2)c1. The zero-order valence-electron chi connectivity index (χ0n) is 13.6. The highest BCUT2D eigenvalue weighted by Crippen LogP contribution is 2.28. The zero-order valence-corrected chi connectivity index (χ0v) is 13.6. The molecule has 1 fully saturated rings. The Kier molecular flexibility index (Phi) is 5.60. The summed E-state index contributed by atoms with van der Waals surface area (Å²) in [4.78, 5) is 0. The molecule has 1 saturated heterocycles. The van der Waals surface area contributed by atoms with Gasteiger partial charge < -0.3 is 14.8 Å². The summed E-state index contributed by atoms with van der Waals surface area (Å²) in [5.41, 5.74) is 1.94. The summed E-state index contributed by atoms with van der Waals surface area (Å²) >= 11 is 0. The maximum Gasteiger partial charge on any atom is 0.573 e. The fraction of sp³-hybridized carbons (Fsp3) is 0.368. The summed E-state index contributed by atoms with van der Waals surface area (Å²) < 4.78 is 46.5. The van der Waals surface area contributed by atoms with Crippen molar-refractivity contribution in [1.29, 1.82) is 0 Å². The van der Waals surface area contributed by atoms with Gasteiger partial charge in [-0.2, -0.15) is 0 Å². The van der Waals surface area contributed by atoms with Crippen LogP contribution in [-0.4, -0.2) is 26.1 Å². The summed E-state index contributed by atoms with van der Waals surface area (Å²) in [6.45, 7) is 2.59. The molecule has 2 aromatic carbocycles. The molecule has 0 saturated carbocycles. The van der Waals surface area contributed by atoms with Gasteiger partial charge in [0, 0.05) is 24.9 Å². The van der Waals surface area contributed by atoms with Gasteiger partial charge in [-0.15, -0.1) is 13.2 Å². The van der Waals surface area contributed by atoms with Crippen LogP contribution in [0, 0.1) is 5.92 Å². The lowest BCUT2D eigenvalue weighted by Gasteiger charge is -2.19. The van der Waals surface area contributed by atoms with Gasteiger partial charge >= 0.3 is 6.36 Å². The minimum Gasteiger partial charge on any atom is -0.406 e. The van der Waals surface area contributed by atoms with Gasteiger partial charge in [-0.1, -0.05) is 42.5 Å². The van der Waals surface area contributed by atoms with E-state index in [2.05, 4.69) is 22.2 Å². The Morgan fingerprint density at radius 1 is 1.00 bits per heavy atom. The lowest BCUT2D eigenvalue weighted by molar-refractivity contribution is -0.274. The van der Waals surface area contributed by atoms with Gasteiger partial charge in [-0.3, -0.25) is 0 Å². The number of hydrogen-bond acceptors (Lipinski definition) is 3. The van der Waals surface area contributed by atoms with Crippen molar-refractivity contribution < 1.29 is 22.6 Å². The first-order valence-corrected chi connectivity index (χ1v) is 8.19. The van der Waals surface area contributed by atoms with Crippen LogP contribution < -0.4 is 10.1 Å². The fourth-order valence-electron chi connectivity index (χ4n) is 3.16. The third kappa shape index (κ3) is 5.21. The minimum absolute atomic E-state index is 0.224. The van der Waals surface area contributed by atoms with Crippen molar-refractivity contribution in [1.82, 2.24) is 5.32 Å². The monoisotopic (exact) mass is 351 g/mol. The van der Waals surface area contributed by atoms with Crippen LogP contribution in [0.25, 0.3) is 0 Å². The van der Waals surface area contributed by atoms with E-state index in [4.69, 9.17) is 4.74 Å². The second kappa shape index (κ2) is 7.89. The fourth-order valence-corrected chi connectivity index (χ4v) is 3.16. The van der Waals surface area contributed by atoms with Gasteiger partial charge in [-0.25, -0.2) is 0 Å². The molecule has 6 heteroatoms. The lowest BCUT2D eigenvalue weighted by atomic mass is 9.89. The van der Waals surface area contributed by atoms with Crippen LogP contribution in [0.4, 0.5) is 13.2 Å². The van der Waals surface area contributed by atoms with Crippen molar-refractivity contribution >= 4 is 0 Å². The highest BCUT2D eigenvalue weighted by molar-refractivity contribution is 5.28. The molecule has 2 atom stereocenters. The van der Waals surface area contributed by atoms with Crippen molar-refractivity contribution in [3.05, 3.63) is 65.7 Å². The summed E-state index contributed by atoms with van der Waals surface area (Å²) in [5, 5.41) is 3.38. The molecule has 3 rings (SSSR count). The molecular weight excluding hydrogens is 331 g/mol. The molecule has 2 aromatic rings. The van der Waals surface area contributed by atoms with Gasteiger partial charge in [0.25, 0.3) is 0 Å². The van der Waals surface area contributed by atoms with E-state index < -0.39 is 6.36 Å². The maximum atomic E-state index is 12.3. The van der Waals surface area contributed by atoms with Crippen LogP contribution in [0.5, 0.6) is 5.75 Å². The highest BCUT2D eigenvalue weighted by atomic mass is 19.4. The number of benzene rings is 2. The van der Waals surface area contributed by atoms with Gasteiger partial charge in [0.1, 0.15) is 5.75 Å². The Hall–Kier alpha value is -2.05. The Labute approximate surface area is 144 Å². The third-order valence-corrected chi connectivity index (χ3v) is 4.30. The standard InChI is InChI=1S/C19H20F3NO2/c20-19(21,22)25-17-8-4-5-14(9-17)12-24-13-16-10-23-11-18(16)15-6-2-1-3-7-15/h1-9,16,18,23H,10-13H2. The van der Waals surface area contributed by atoms with Gasteiger partial charge in [-0.05, 0) is 23.3 Å². The Balaban J connectivity index is 1.53. The van der Waals surface area contributed by atoms with Crippen molar-refractivity contribution in [2.75, 3.05) is 19.7 Å². The molecule has 1 aliphatic rings. The second-order valence-corrected chi connectivity index (χ2v) is 6.15. The van der Waals surface area contributed by atoms with E-state index in [1.54, 1.807) is 6.07 Å². The van der Waals surface area contributed by atoms with Crippen LogP contribution in [0.3, 0.4) is 0 Å². The number of hydrogen-bond donors (Lipinski definition) is 1. The molecule has 0 radical (unpaired) electrons. The minimum atomic E-state index is -4.68. The Morgan fingerprint density at radius 2 is 1.80 bits per heavy atom. The van der Waals surface area contributed by atoms with E-state index in [9.17, 15) is 13.2 Å². The van der Waals surface area contributed by atoms with Gasteiger partial charge in [0.15, 0.2) is 0 Å². The van der Waals surface area contributed by atoms with Crippen molar-refractivity contribution in [2.45, 2.75) is 18.9 Å². The molecule has 0 spiro atoms. The smallest absolute Gasteiger partial charge is 0.406 e. The lowest BCUT2D eigenvalue weighted by Crippen LogP contribution is -2.18. The largest absolute Gasteiger partial charge is 0.573 e. The summed E-state index contributed by atoms with van der Waals surface area (Å²) in [5.74, 6) is 0.511. The summed E-state index contributed by atoms with van der Waals surface area (Å²) in [6.07, 6.45) is -4.68. The van der Waals surface area contributed by atoms with Crippen LogP contribution in [0.15, 0.2) is 54.6 Å². The molecule has 1 heterocycles. The third-order valence-electron chi connectivity index (χ3n) is 4.30. The first-order valence-electron chi connectivity index (χ1n) is 8.19. The van der Waals surface area contributed by atoms with E-state index in [1.165, 1.54) is 23.8 Å². The maximum absolute atomic E-state index is 12.3. The van der Waals surface area contributed by atoms with Gasteiger partial charge in [0.2, 0.25) is 0 Å². The molecule has 134 valence electrons. The molecular formula is C19H20F3NO2. The van der Waals surface area contributed by atoms with E-state index in [0.717, 1.165) is 13.1 Å². The van der Waals surface area contributed by atoms with Crippen molar-refractivity contribution in [2.24, 2.45) is 5.92 Å². The van der Waals surface area contributed by atoms with Crippen LogP contribution in [-0.2, 0) is 11.3 Å². The first-order chi connectivity index (χ1) is 12.0. The molecule has 2 unspecified atom stereocenters. The molecule has 1 N–H and O–H groups in total. The number of halogens is 3. The second-order valence-electron chi connectivity index (χ2n) is 6.15. The Bertz CT molecular complexity index is 676. The number of nitrogens with one attached hydrogen (secondary N) is 1. The van der Waals surface area contributed by atoms with Crippen molar-refractivity contribution in [3.63, 3.8) is 0 Å². The van der Waals surface area contributed by atoms with Crippen LogP contribution >= 0.6 is 0 Å². The molecule has 25 heavy (non-hydrogen) atoms. The van der Waals surface area contributed by atoms with Crippen LogP contribution in [0.2, 0.25) is 0 Å². The average molecular weight is 351 g/mol. The molecule has 0 aromatic heterocycles. The molecule has 0 aliphatic carbocycles. The topological polar surface area (TPSA) is 30.5 Å². The zero-order chi connectivity index (χ0) is 17.7. The normalized spacial score (nSPS) is 20.6. The molecule has 0 amide bonds. The quantitative estimate of drug-likeness (QED) is 0.850. The summed E-state index contributed by atoms with van der Waals surface area (Å²) in [7, 11) is 0. The molecule has 1 aliphatic heterocycles. The molecule has 0 bridgehead atoms. The highest BCUT2D eigenvalue weighted by Gasteiger charge is 2.31. The van der Waals surface area contributed by atoms with Crippen LogP contribution in [0.1, 0.15) is 17.0 Å². The predicted molar refractivity (Wildman–Crippen MR) is 88.3 cm³/mol. The number of alkyl halides is 3. The van der Waals surface area contributed by atoms with Crippen molar-refractivity contribution in [3.8, 4) is 5.75 Å². The van der Waals surface area contributed by atoms with E-state index in [1.807, 2.05) is 18.2 Å². The molecule has 3 nitrogen and oxygen atoms in total. The van der Waals surface area contributed by atoms with E-state index in [0.29, 0.717) is 24.0 Å². The van der Waals surface area contributed by atoms with E-state index >= 15 is 0 Å². The first kappa shape index (κ1) is 17.8.